The molecular weight excluding hydrogens is 1090 g/mol. The van der Waals surface area contributed by atoms with Crippen LogP contribution in [0.2, 0.25) is 0 Å². The second kappa shape index (κ2) is 19.7. The van der Waals surface area contributed by atoms with Crippen LogP contribution in [0.15, 0.2) is 315 Å². The predicted molar refractivity (Wildman–Crippen MR) is 376 cm³/mol. The molecule has 0 aliphatic heterocycles. The van der Waals surface area contributed by atoms with Crippen LogP contribution in [0.1, 0.15) is 0 Å². The first-order valence-electron chi connectivity index (χ1n) is 30.8. The molecule has 0 atom stereocenters. The summed E-state index contributed by atoms with van der Waals surface area (Å²) in [7, 11) is 0. The first-order chi connectivity index (χ1) is 44.6. The van der Waals surface area contributed by atoms with E-state index in [1.165, 1.54) is 81.8 Å². The summed E-state index contributed by atoms with van der Waals surface area (Å²) in [5, 5.41) is 13.0. The first kappa shape index (κ1) is 50.1. The largest absolute Gasteiger partial charge is 0.309 e. The quantitative estimate of drug-likeness (QED) is 0.142. The van der Waals surface area contributed by atoms with Crippen molar-refractivity contribution in [1.82, 2.24) is 28.2 Å². The Balaban J connectivity index is 0.704. The van der Waals surface area contributed by atoms with Crippen molar-refractivity contribution in [3.05, 3.63) is 315 Å². The van der Waals surface area contributed by atoms with E-state index in [4.69, 9.17) is 9.97 Å². The molecule has 0 aliphatic carbocycles. The Hall–Kier alpha value is -12.1. The average molecular weight is 1150 g/mol. The van der Waals surface area contributed by atoms with Crippen molar-refractivity contribution in [3.8, 4) is 67.6 Å². The number of hydrogen-bond donors (Lipinski definition) is 0. The summed E-state index contributed by atoms with van der Waals surface area (Å²) < 4.78 is 9.57. The highest BCUT2D eigenvalue weighted by atomic mass is 15.0. The van der Waals surface area contributed by atoms with E-state index in [1.807, 2.05) is 0 Å². The van der Waals surface area contributed by atoms with Gasteiger partial charge in [0.1, 0.15) is 0 Å². The van der Waals surface area contributed by atoms with Crippen LogP contribution in [-0.4, -0.2) is 28.2 Å². The zero-order valence-electron chi connectivity index (χ0n) is 48.7. The molecular formula is C84H52N6. The fourth-order valence-corrected chi connectivity index (χ4v) is 14.6. The minimum atomic E-state index is 0.677. The number of rotatable bonds is 8. The minimum Gasteiger partial charge on any atom is -0.309 e. The second-order valence-electron chi connectivity index (χ2n) is 23.7. The first-order valence-corrected chi connectivity index (χ1v) is 30.8. The summed E-state index contributed by atoms with van der Waals surface area (Å²) in [6.45, 7) is 0. The molecule has 6 heteroatoms. The number of para-hydroxylation sites is 6. The third-order valence-electron chi connectivity index (χ3n) is 18.8. The standard InChI is InChI=1S/C84H52N6/c1-3-18-60(19-4-1)87-76-29-15-11-25-67(76)72-49-56(38-47-78(72)87)58-36-44-69-65-23-9-13-27-74(65)89(80(69)51-58)62-40-31-54(32-41-62)82-71-46-35-53-17-7-8-22-64(53)83(71)86-84(85-82)55-33-42-63(43-34-55)90-75-28-14-10-24-66(75)70-45-37-59(52-81(70)90)57-39-48-79-73(50-57)68-26-12-16-30-77(68)88(79)61-20-5-2-6-21-61/h1-52H. The number of aromatic nitrogens is 6. The zero-order chi connectivity index (χ0) is 59.0. The summed E-state index contributed by atoms with van der Waals surface area (Å²) in [6.07, 6.45) is 0. The maximum Gasteiger partial charge on any atom is 0.160 e. The fraction of sp³-hybridized carbons (Fsp3) is 0. The Morgan fingerprint density at radius 3 is 1.01 bits per heavy atom. The van der Waals surface area contributed by atoms with Gasteiger partial charge in [0, 0.05) is 87.7 Å². The van der Waals surface area contributed by atoms with Crippen LogP contribution in [0.4, 0.5) is 0 Å². The highest BCUT2D eigenvalue weighted by Gasteiger charge is 2.21. The molecule has 0 fully saturated rings. The molecule has 19 rings (SSSR count). The van der Waals surface area contributed by atoms with Crippen LogP contribution >= 0.6 is 0 Å². The minimum absolute atomic E-state index is 0.677. The fourth-order valence-electron chi connectivity index (χ4n) is 14.6. The average Bonchev–Trinajstić information content (AvgIpc) is 1.62. The van der Waals surface area contributed by atoms with E-state index in [1.54, 1.807) is 0 Å². The predicted octanol–water partition coefficient (Wildman–Crippen LogP) is 21.8. The SMILES string of the molecule is c1ccc(-n2c3ccccc3c3cc(-c4ccc5c6ccccc6n(-c6ccc(-c7nc(-c8ccc(-n9c%10ccccc%10c%10ccc(-c%11ccc%12c(c%11)c%11ccccc%11n%12-c%11ccccc%11)cc%109)cc8)c8ccc9ccccc9c8n7)cc6)c5c4)ccc32)cc1. The lowest BCUT2D eigenvalue weighted by atomic mass is 10.0. The highest BCUT2D eigenvalue weighted by molar-refractivity contribution is 6.15. The van der Waals surface area contributed by atoms with Crippen LogP contribution in [0.3, 0.4) is 0 Å². The molecule has 5 aromatic heterocycles. The van der Waals surface area contributed by atoms with E-state index in [9.17, 15) is 0 Å². The molecule has 0 aliphatic rings. The van der Waals surface area contributed by atoms with E-state index in [2.05, 4.69) is 334 Å². The Morgan fingerprint density at radius 2 is 0.522 bits per heavy atom. The summed E-state index contributed by atoms with van der Waals surface area (Å²) in [4.78, 5) is 11.0. The molecule has 5 heterocycles. The lowest BCUT2D eigenvalue weighted by molar-refractivity contribution is 1.17. The van der Waals surface area contributed by atoms with Crippen molar-refractivity contribution in [2.24, 2.45) is 0 Å². The van der Waals surface area contributed by atoms with E-state index in [0.717, 1.165) is 88.9 Å². The normalized spacial score (nSPS) is 12.0. The summed E-state index contributed by atoms with van der Waals surface area (Å²) in [5.41, 5.74) is 22.3. The second-order valence-corrected chi connectivity index (χ2v) is 23.7. The number of fused-ring (bicyclic) bond motifs is 15. The van der Waals surface area contributed by atoms with Gasteiger partial charge < -0.3 is 18.3 Å². The molecule has 0 spiro atoms. The van der Waals surface area contributed by atoms with Crippen molar-refractivity contribution in [3.63, 3.8) is 0 Å². The van der Waals surface area contributed by atoms with Gasteiger partial charge in [-0.1, -0.05) is 188 Å². The lowest BCUT2D eigenvalue weighted by Crippen LogP contribution is -1.98. The Morgan fingerprint density at radius 1 is 0.189 bits per heavy atom. The maximum atomic E-state index is 5.51. The Labute approximate surface area is 517 Å². The maximum absolute atomic E-state index is 5.51. The molecule has 0 saturated carbocycles. The van der Waals surface area contributed by atoms with Gasteiger partial charge in [-0.3, -0.25) is 0 Å². The van der Waals surface area contributed by atoms with E-state index in [-0.39, 0.29) is 0 Å². The van der Waals surface area contributed by atoms with Gasteiger partial charge >= 0.3 is 0 Å². The molecule has 0 radical (unpaired) electrons. The molecule has 14 aromatic carbocycles. The van der Waals surface area contributed by atoms with Gasteiger partial charge in [0.2, 0.25) is 0 Å². The van der Waals surface area contributed by atoms with Gasteiger partial charge in [-0.25, -0.2) is 9.97 Å². The van der Waals surface area contributed by atoms with E-state index >= 15 is 0 Å². The Kier molecular flexibility index (Phi) is 11.0. The topological polar surface area (TPSA) is 45.5 Å². The van der Waals surface area contributed by atoms with E-state index in [0.29, 0.717) is 5.82 Å². The van der Waals surface area contributed by atoms with Crippen molar-refractivity contribution < 1.29 is 0 Å². The van der Waals surface area contributed by atoms with Crippen LogP contribution < -0.4 is 0 Å². The van der Waals surface area contributed by atoms with Gasteiger partial charge in [0.15, 0.2) is 5.82 Å². The molecule has 0 N–H and O–H groups in total. The zero-order valence-corrected chi connectivity index (χ0v) is 48.7. The summed E-state index contributed by atoms with van der Waals surface area (Å²) >= 11 is 0. The van der Waals surface area contributed by atoms with Crippen molar-refractivity contribution in [1.29, 1.82) is 0 Å². The molecule has 19 aromatic rings. The molecule has 6 nitrogen and oxygen atoms in total. The van der Waals surface area contributed by atoms with Crippen molar-refractivity contribution >= 4 is 109 Å². The third kappa shape index (κ3) is 7.65. The highest BCUT2D eigenvalue weighted by Crippen LogP contribution is 2.42. The van der Waals surface area contributed by atoms with Gasteiger partial charge in [0.25, 0.3) is 0 Å². The van der Waals surface area contributed by atoms with Crippen LogP contribution in [0.5, 0.6) is 0 Å². The molecule has 0 bridgehead atoms. The Bertz CT molecular complexity index is 6120. The number of benzene rings is 14. The molecule has 418 valence electrons. The smallest absolute Gasteiger partial charge is 0.160 e. The van der Waals surface area contributed by atoms with Crippen molar-refractivity contribution in [2.75, 3.05) is 0 Å². The van der Waals surface area contributed by atoms with E-state index < -0.39 is 0 Å². The van der Waals surface area contributed by atoms with Crippen molar-refractivity contribution in [2.45, 2.75) is 0 Å². The summed E-state index contributed by atoms with van der Waals surface area (Å²) in [6, 6.07) is 115. The van der Waals surface area contributed by atoms with Crippen LogP contribution in [0.25, 0.3) is 177 Å². The summed E-state index contributed by atoms with van der Waals surface area (Å²) in [5.74, 6) is 0.677. The van der Waals surface area contributed by atoms with Crippen LogP contribution in [-0.2, 0) is 0 Å². The molecule has 90 heavy (non-hydrogen) atoms. The van der Waals surface area contributed by atoms with Crippen LogP contribution in [0, 0.1) is 0 Å². The van der Waals surface area contributed by atoms with Gasteiger partial charge in [-0.15, -0.1) is 0 Å². The monoisotopic (exact) mass is 1140 g/mol. The lowest BCUT2D eigenvalue weighted by Gasteiger charge is -2.14. The number of hydrogen-bond acceptors (Lipinski definition) is 2. The molecule has 0 amide bonds. The van der Waals surface area contributed by atoms with Gasteiger partial charge in [0.05, 0.1) is 55.3 Å². The third-order valence-corrected chi connectivity index (χ3v) is 18.8. The van der Waals surface area contributed by atoms with Gasteiger partial charge in [-0.05, 0) is 155 Å². The molecule has 0 saturated heterocycles. The van der Waals surface area contributed by atoms with Gasteiger partial charge in [-0.2, -0.15) is 0 Å². The number of nitrogens with zero attached hydrogens (tertiary/aromatic N) is 6. The molecule has 0 unspecified atom stereocenters.